The number of aryl methyl sites for hydroxylation is 2. The van der Waals surface area contributed by atoms with Gasteiger partial charge < -0.3 is 9.32 Å². The first-order chi connectivity index (χ1) is 10.5. The van der Waals surface area contributed by atoms with E-state index in [0.717, 1.165) is 17.7 Å². The Labute approximate surface area is 130 Å². The fourth-order valence-corrected chi connectivity index (χ4v) is 2.55. The van der Waals surface area contributed by atoms with Gasteiger partial charge in [0.25, 0.3) is 5.91 Å². The second kappa shape index (κ2) is 7.25. The molecule has 0 N–H and O–H groups in total. The molecule has 22 heavy (non-hydrogen) atoms. The Balaban J connectivity index is 2.09. The molecule has 0 aliphatic carbocycles. The highest BCUT2D eigenvalue weighted by atomic mass is 19.1. The lowest BCUT2D eigenvalue weighted by Crippen LogP contribution is -2.33. The van der Waals surface area contributed by atoms with Crippen LogP contribution in [-0.4, -0.2) is 23.9 Å². The quantitative estimate of drug-likeness (QED) is 0.804. The Kier molecular flexibility index (Phi) is 5.36. The minimum Gasteiger partial charge on any atom is -0.466 e. The van der Waals surface area contributed by atoms with Crippen LogP contribution in [0.2, 0.25) is 0 Å². The summed E-state index contributed by atoms with van der Waals surface area (Å²) in [6.07, 6.45) is 1.52. The van der Waals surface area contributed by atoms with Gasteiger partial charge in [-0.25, -0.2) is 4.39 Å². The van der Waals surface area contributed by atoms with Crippen LogP contribution in [0.4, 0.5) is 4.39 Å². The molecule has 1 heterocycles. The monoisotopic (exact) mass is 303 g/mol. The van der Waals surface area contributed by atoms with Crippen LogP contribution in [0.5, 0.6) is 0 Å². The number of nitrogens with zero attached hydrogens (tertiary/aromatic N) is 1. The van der Waals surface area contributed by atoms with Crippen molar-refractivity contribution < 1.29 is 13.6 Å². The number of hydrogen-bond donors (Lipinski definition) is 0. The third-order valence-corrected chi connectivity index (χ3v) is 3.61. The van der Waals surface area contributed by atoms with Crippen LogP contribution < -0.4 is 0 Å². The Morgan fingerprint density at radius 3 is 2.59 bits per heavy atom. The second-order valence-electron chi connectivity index (χ2n) is 5.50. The van der Waals surface area contributed by atoms with E-state index in [1.54, 1.807) is 19.1 Å². The van der Waals surface area contributed by atoms with Gasteiger partial charge in [-0.3, -0.25) is 4.79 Å². The number of carbonyl (C=O) groups excluding carboxylic acids is 1. The van der Waals surface area contributed by atoms with E-state index >= 15 is 0 Å². The van der Waals surface area contributed by atoms with Gasteiger partial charge in [0.2, 0.25) is 0 Å². The molecule has 1 aromatic carbocycles. The molecule has 1 amide bonds. The van der Waals surface area contributed by atoms with E-state index in [0.29, 0.717) is 30.8 Å². The molecule has 0 unspecified atom stereocenters. The molecule has 0 spiro atoms. The summed E-state index contributed by atoms with van der Waals surface area (Å²) in [5.41, 5.74) is 1.51. The summed E-state index contributed by atoms with van der Waals surface area (Å²) in [6, 6.07) is 8.30. The lowest BCUT2D eigenvalue weighted by Gasteiger charge is -2.22. The zero-order valence-electron chi connectivity index (χ0n) is 13.4. The average molecular weight is 303 g/mol. The van der Waals surface area contributed by atoms with Gasteiger partial charge >= 0.3 is 0 Å². The third kappa shape index (κ3) is 3.97. The van der Waals surface area contributed by atoms with Crippen molar-refractivity contribution in [2.24, 2.45) is 0 Å². The molecule has 0 radical (unpaired) electrons. The number of hydrogen-bond acceptors (Lipinski definition) is 2. The van der Waals surface area contributed by atoms with Crippen molar-refractivity contribution in [1.29, 1.82) is 0 Å². The van der Waals surface area contributed by atoms with E-state index in [9.17, 15) is 9.18 Å². The molecule has 0 atom stereocenters. The highest BCUT2D eigenvalue weighted by Crippen LogP contribution is 2.17. The summed E-state index contributed by atoms with van der Waals surface area (Å²) in [4.78, 5) is 14.5. The predicted molar refractivity (Wildman–Crippen MR) is 84.5 cm³/mol. The third-order valence-electron chi connectivity index (χ3n) is 3.61. The molecule has 118 valence electrons. The van der Waals surface area contributed by atoms with Gasteiger partial charge in [-0.1, -0.05) is 19.1 Å². The summed E-state index contributed by atoms with van der Waals surface area (Å²) in [6.45, 7) is 6.92. The molecule has 0 bridgehead atoms. The van der Waals surface area contributed by atoms with Gasteiger partial charge in [0.05, 0.1) is 5.56 Å². The topological polar surface area (TPSA) is 33.5 Å². The first-order valence-corrected chi connectivity index (χ1v) is 7.62. The fraction of sp³-hybridized carbons (Fsp3) is 0.389. The Hall–Kier alpha value is -2.10. The summed E-state index contributed by atoms with van der Waals surface area (Å²) >= 11 is 0. The minimum atomic E-state index is -0.243. The number of rotatable bonds is 6. The lowest BCUT2D eigenvalue weighted by molar-refractivity contribution is 0.0755. The van der Waals surface area contributed by atoms with Gasteiger partial charge in [-0.15, -0.1) is 0 Å². The lowest BCUT2D eigenvalue weighted by atomic mass is 10.1. The SMILES string of the molecule is CCCN(CCc1cccc(F)c1)C(=O)c1cc(C)oc1C. The molecule has 2 aromatic rings. The van der Waals surface area contributed by atoms with Crippen molar-refractivity contribution in [2.75, 3.05) is 13.1 Å². The van der Waals surface area contributed by atoms with Gasteiger partial charge in [-0.05, 0) is 50.5 Å². The number of halogens is 1. The van der Waals surface area contributed by atoms with E-state index in [-0.39, 0.29) is 11.7 Å². The Morgan fingerprint density at radius 1 is 1.23 bits per heavy atom. The number of furan rings is 1. The summed E-state index contributed by atoms with van der Waals surface area (Å²) < 4.78 is 18.7. The van der Waals surface area contributed by atoms with Gasteiger partial charge in [0, 0.05) is 13.1 Å². The summed E-state index contributed by atoms with van der Waals surface area (Å²) in [7, 11) is 0. The molecule has 2 rings (SSSR count). The minimum absolute atomic E-state index is 0.0207. The van der Waals surface area contributed by atoms with Crippen LogP contribution in [0.1, 0.15) is 40.8 Å². The molecule has 0 aliphatic rings. The van der Waals surface area contributed by atoms with E-state index < -0.39 is 0 Å². The van der Waals surface area contributed by atoms with Gasteiger partial charge in [0.15, 0.2) is 0 Å². The van der Waals surface area contributed by atoms with E-state index in [4.69, 9.17) is 4.42 Å². The van der Waals surface area contributed by atoms with E-state index in [1.165, 1.54) is 12.1 Å². The van der Waals surface area contributed by atoms with E-state index in [1.807, 2.05) is 24.8 Å². The first-order valence-electron chi connectivity index (χ1n) is 7.62. The Morgan fingerprint density at radius 2 is 2.00 bits per heavy atom. The van der Waals surface area contributed by atoms with Crippen molar-refractivity contribution in [1.82, 2.24) is 4.90 Å². The number of benzene rings is 1. The number of amides is 1. The van der Waals surface area contributed by atoms with Crippen LogP contribution in [0.15, 0.2) is 34.7 Å². The second-order valence-corrected chi connectivity index (χ2v) is 5.50. The molecule has 0 aliphatic heterocycles. The largest absolute Gasteiger partial charge is 0.466 e. The van der Waals surface area contributed by atoms with E-state index in [2.05, 4.69) is 0 Å². The molecule has 4 heteroatoms. The van der Waals surface area contributed by atoms with Crippen LogP contribution >= 0.6 is 0 Å². The molecule has 3 nitrogen and oxygen atoms in total. The maximum absolute atomic E-state index is 13.2. The van der Waals surface area contributed by atoms with Crippen LogP contribution in [0, 0.1) is 19.7 Å². The smallest absolute Gasteiger partial charge is 0.257 e. The zero-order valence-corrected chi connectivity index (χ0v) is 13.4. The highest BCUT2D eigenvalue weighted by Gasteiger charge is 2.19. The van der Waals surface area contributed by atoms with Gasteiger partial charge in [-0.2, -0.15) is 0 Å². The predicted octanol–water partition coefficient (Wildman–Crippen LogP) is 4.13. The van der Waals surface area contributed by atoms with Crippen molar-refractivity contribution in [3.8, 4) is 0 Å². The van der Waals surface area contributed by atoms with Crippen molar-refractivity contribution in [3.05, 3.63) is 58.8 Å². The van der Waals surface area contributed by atoms with Gasteiger partial charge in [0.1, 0.15) is 17.3 Å². The summed E-state index contributed by atoms with van der Waals surface area (Å²) in [5, 5.41) is 0. The highest BCUT2D eigenvalue weighted by molar-refractivity contribution is 5.95. The fourth-order valence-electron chi connectivity index (χ4n) is 2.55. The van der Waals surface area contributed by atoms with Crippen molar-refractivity contribution in [2.45, 2.75) is 33.6 Å². The number of carbonyl (C=O) groups is 1. The van der Waals surface area contributed by atoms with Crippen LogP contribution in [0.3, 0.4) is 0 Å². The molecular formula is C18H22FNO2. The average Bonchev–Trinajstić information content (AvgIpc) is 2.81. The van der Waals surface area contributed by atoms with Crippen molar-refractivity contribution >= 4 is 5.91 Å². The van der Waals surface area contributed by atoms with Crippen molar-refractivity contribution in [3.63, 3.8) is 0 Å². The zero-order chi connectivity index (χ0) is 16.1. The molecule has 0 fully saturated rings. The maximum Gasteiger partial charge on any atom is 0.257 e. The molecular weight excluding hydrogens is 281 g/mol. The standard InChI is InChI=1S/C18H22FNO2/c1-4-9-20(10-8-15-6-5-7-16(19)12-15)18(21)17-11-13(2)22-14(17)3/h5-7,11-12H,4,8-10H2,1-3H3. The van der Waals surface area contributed by atoms with Crippen LogP contribution in [0.25, 0.3) is 0 Å². The Bertz CT molecular complexity index is 648. The molecule has 0 saturated heterocycles. The normalized spacial score (nSPS) is 10.7. The summed E-state index contributed by atoms with van der Waals surface area (Å²) in [5.74, 6) is 1.12. The molecule has 0 saturated carbocycles. The first kappa shape index (κ1) is 16.3. The van der Waals surface area contributed by atoms with Crippen LogP contribution in [-0.2, 0) is 6.42 Å². The maximum atomic E-state index is 13.2. The molecule has 1 aromatic heterocycles.